The first-order valence-corrected chi connectivity index (χ1v) is 12.6. The number of H-pyrrole nitrogens is 1. The molecule has 1 saturated heterocycles. The molecule has 5 rings (SSSR count). The van der Waals surface area contributed by atoms with E-state index in [2.05, 4.69) is 46.7 Å². The Balaban J connectivity index is 1.45. The molecule has 0 saturated carbocycles. The number of carbonyl (C=O) groups excluding carboxylic acids is 2. The van der Waals surface area contributed by atoms with Gasteiger partial charge in [-0.1, -0.05) is 54.6 Å². The quantitative estimate of drug-likeness (QED) is 0.550. The highest BCUT2D eigenvalue weighted by Gasteiger charge is 2.36. The summed E-state index contributed by atoms with van der Waals surface area (Å²) in [5.74, 6) is 0.674. The van der Waals surface area contributed by atoms with E-state index in [9.17, 15) is 9.59 Å². The maximum Gasteiger partial charge on any atom is 0.407 e. The molecule has 2 N–H and O–H groups in total. The summed E-state index contributed by atoms with van der Waals surface area (Å²) in [4.78, 5) is 35.7. The number of benzene rings is 2. The topological polar surface area (TPSA) is 96.6 Å². The molecule has 0 unspecified atom stereocenters. The van der Waals surface area contributed by atoms with Gasteiger partial charge in [0, 0.05) is 18.7 Å². The van der Waals surface area contributed by atoms with E-state index in [0.717, 1.165) is 54.0 Å². The second-order valence-corrected chi connectivity index (χ2v) is 9.32. The van der Waals surface area contributed by atoms with Crippen LogP contribution in [0.15, 0.2) is 54.6 Å². The first kappa shape index (κ1) is 24.1. The zero-order valence-electron chi connectivity index (χ0n) is 20.5. The van der Waals surface area contributed by atoms with Crippen LogP contribution in [-0.2, 0) is 20.9 Å². The predicted octanol–water partition coefficient (Wildman–Crippen LogP) is 4.83. The van der Waals surface area contributed by atoms with Crippen molar-refractivity contribution in [1.82, 2.24) is 20.2 Å². The van der Waals surface area contributed by atoms with Crippen molar-refractivity contribution in [2.75, 3.05) is 20.3 Å². The summed E-state index contributed by atoms with van der Waals surface area (Å²) in [7, 11) is 1.31. The Morgan fingerprint density at radius 3 is 2.56 bits per heavy atom. The van der Waals surface area contributed by atoms with Crippen molar-refractivity contribution in [3.8, 4) is 22.4 Å². The van der Waals surface area contributed by atoms with E-state index in [0.29, 0.717) is 26.2 Å². The maximum atomic E-state index is 13.5. The van der Waals surface area contributed by atoms with Gasteiger partial charge in [-0.3, -0.25) is 4.79 Å². The third-order valence-corrected chi connectivity index (χ3v) is 6.97. The van der Waals surface area contributed by atoms with Crippen molar-refractivity contribution in [3.05, 3.63) is 66.1 Å². The highest BCUT2D eigenvalue weighted by molar-refractivity contribution is 5.86. The summed E-state index contributed by atoms with van der Waals surface area (Å²) in [6.45, 7) is 1.62. The number of aromatic nitrogens is 2. The molecule has 2 aliphatic heterocycles. The van der Waals surface area contributed by atoms with Crippen LogP contribution >= 0.6 is 0 Å². The Bertz CT molecular complexity index is 1190. The minimum atomic E-state index is -0.627. The average molecular weight is 489 g/mol. The lowest BCUT2D eigenvalue weighted by atomic mass is 10.0. The number of imidazole rings is 1. The molecule has 2 aromatic carbocycles. The Kier molecular flexibility index (Phi) is 7.32. The van der Waals surface area contributed by atoms with E-state index < -0.39 is 12.1 Å². The molecule has 8 heteroatoms. The number of aromatic amines is 1. The number of fused-ring (bicyclic) bond motifs is 4. The van der Waals surface area contributed by atoms with E-state index in [-0.39, 0.29) is 11.9 Å². The number of methoxy groups -OCH3 is 1. The minimum absolute atomic E-state index is 0.0882. The fourth-order valence-corrected chi connectivity index (χ4v) is 5.08. The highest BCUT2D eigenvalue weighted by Crippen LogP contribution is 2.35. The van der Waals surface area contributed by atoms with Crippen LogP contribution < -0.4 is 5.32 Å². The van der Waals surface area contributed by atoms with E-state index in [1.165, 1.54) is 12.7 Å². The van der Waals surface area contributed by atoms with Crippen molar-refractivity contribution in [3.63, 3.8) is 0 Å². The van der Waals surface area contributed by atoms with Gasteiger partial charge in [0.25, 0.3) is 0 Å². The second-order valence-electron chi connectivity index (χ2n) is 9.32. The normalized spacial score (nSPS) is 20.6. The summed E-state index contributed by atoms with van der Waals surface area (Å²) >= 11 is 0. The Morgan fingerprint density at radius 2 is 1.78 bits per heavy atom. The van der Waals surface area contributed by atoms with Gasteiger partial charge in [-0.05, 0) is 43.2 Å². The molecule has 36 heavy (non-hydrogen) atoms. The Morgan fingerprint density at radius 1 is 1.03 bits per heavy atom. The van der Waals surface area contributed by atoms with Crippen LogP contribution in [0.25, 0.3) is 22.4 Å². The Hall–Kier alpha value is -3.65. The first-order chi connectivity index (χ1) is 17.6. The van der Waals surface area contributed by atoms with Crippen molar-refractivity contribution >= 4 is 12.0 Å². The van der Waals surface area contributed by atoms with E-state index in [1.807, 2.05) is 23.1 Å². The van der Waals surface area contributed by atoms with Gasteiger partial charge in [0.1, 0.15) is 11.9 Å². The monoisotopic (exact) mass is 488 g/mol. The number of hydrogen-bond donors (Lipinski definition) is 2. The second kappa shape index (κ2) is 11.0. The molecule has 2 amide bonds. The molecule has 0 radical (unpaired) electrons. The van der Waals surface area contributed by atoms with Crippen molar-refractivity contribution in [2.24, 2.45) is 0 Å². The van der Waals surface area contributed by atoms with E-state index in [4.69, 9.17) is 14.5 Å². The van der Waals surface area contributed by atoms with Crippen molar-refractivity contribution in [1.29, 1.82) is 0 Å². The number of alkyl carbamates (subject to hydrolysis) is 1. The van der Waals surface area contributed by atoms with Crippen molar-refractivity contribution < 1.29 is 19.1 Å². The summed E-state index contributed by atoms with van der Waals surface area (Å²) in [6, 6.07) is 17.9. The molecule has 3 heterocycles. The van der Waals surface area contributed by atoms with Gasteiger partial charge in [-0.25, -0.2) is 9.78 Å². The third-order valence-electron chi connectivity index (χ3n) is 6.97. The van der Waals surface area contributed by atoms with Crippen LogP contribution in [0.2, 0.25) is 0 Å². The predicted molar refractivity (Wildman–Crippen MR) is 136 cm³/mol. The average Bonchev–Trinajstić information content (AvgIpc) is 3.57. The molecule has 2 aliphatic rings. The van der Waals surface area contributed by atoms with Crippen LogP contribution in [0.4, 0.5) is 4.79 Å². The lowest BCUT2D eigenvalue weighted by Gasteiger charge is -2.28. The molecular formula is C28H32N4O4. The number of carbonyl (C=O) groups is 2. The molecule has 3 aromatic rings. The summed E-state index contributed by atoms with van der Waals surface area (Å²) < 4.78 is 10.8. The molecule has 0 spiro atoms. The molecule has 2 bridgehead atoms. The largest absolute Gasteiger partial charge is 0.453 e. The van der Waals surface area contributed by atoms with Gasteiger partial charge in [-0.2, -0.15) is 0 Å². The SMILES string of the molecule is COC(=O)N[C@H]1CCCCOCc2[nH]c(nc2-c2ccc(-c3ccccc3)cc2)[C@@H]2CCCN2C1=O. The van der Waals surface area contributed by atoms with Crippen molar-refractivity contribution in [2.45, 2.75) is 50.8 Å². The Labute approximate surface area is 211 Å². The van der Waals surface area contributed by atoms with Gasteiger partial charge in [0.05, 0.1) is 31.1 Å². The lowest BCUT2D eigenvalue weighted by molar-refractivity contribution is -0.134. The standard InChI is InChI=1S/C28H32N4O4/c1-35-28(34)30-22-10-5-6-17-36-18-23-25(31-26(29-23)24-11-7-16-32(24)27(22)33)21-14-12-20(13-15-21)19-8-3-2-4-9-19/h2-4,8-9,12-15,22,24H,5-7,10-11,16-18H2,1H3,(H,29,31)(H,30,34)/t22-,24-/m0/s1. The number of ether oxygens (including phenoxy) is 2. The summed E-state index contributed by atoms with van der Waals surface area (Å²) in [5.41, 5.74) is 5.08. The van der Waals surface area contributed by atoms with E-state index in [1.54, 1.807) is 0 Å². The maximum absolute atomic E-state index is 13.5. The van der Waals surface area contributed by atoms with Gasteiger partial charge < -0.3 is 24.7 Å². The molecule has 0 aliphatic carbocycles. The fraction of sp³-hybridized carbons (Fsp3) is 0.393. The lowest BCUT2D eigenvalue weighted by Crippen LogP contribution is -2.48. The number of nitrogens with one attached hydrogen (secondary N) is 2. The van der Waals surface area contributed by atoms with Gasteiger partial charge in [0.15, 0.2) is 0 Å². The van der Waals surface area contributed by atoms with Gasteiger partial charge in [0.2, 0.25) is 5.91 Å². The molecule has 1 aromatic heterocycles. The number of amides is 2. The van der Waals surface area contributed by atoms with Crippen LogP contribution in [0.5, 0.6) is 0 Å². The number of rotatable bonds is 3. The van der Waals surface area contributed by atoms with Gasteiger partial charge in [-0.15, -0.1) is 0 Å². The minimum Gasteiger partial charge on any atom is -0.453 e. The molecule has 2 atom stereocenters. The van der Waals surface area contributed by atoms with E-state index >= 15 is 0 Å². The van der Waals surface area contributed by atoms with Crippen LogP contribution in [-0.4, -0.2) is 53.2 Å². The molecule has 188 valence electrons. The summed E-state index contributed by atoms with van der Waals surface area (Å²) in [5, 5.41) is 2.73. The van der Waals surface area contributed by atoms with Crippen LogP contribution in [0.3, 0.4) is 0 Å². The third kappa shape index (κ3) is 5.14. The fourth-order valence-electron chi connectivity index (χ4n) is 5.08. The number of hydrogen-bond acceptors (Lipinski definition) is 5. The molecule has 8 nitrogen and oxygen atoms in total. The smallest absolute Gasteiger partial charge is 0.407 e. The zero-order chi connectivity index (χ0) is 24.9. The number of nitrogens with zero attached hydrogens (tertiary/aromatic N) is 2. The van der Waals surface area contributed by atoms with Gasteiger partial charge >= 0.3 is 6.09 Å². The van der Waals surface area contributed by atoms with Crippen LogP contribution in [0.1, 0.15) is 49.7 Å². The first-order valence-electron chi connectivity index (χ1n) is 12.6. The zero-order valence-corrected chi connectivity index (χ0v) is 20.5. The highest BCUT2D eigenvalue weighted by atomic mass is 16.5. The molecular weight excluding hydrogens is 456 g/mol. The molecule has 1 fully saturated rings. The van der Waals surface area contributed by atoms with Crippen LogP contribution in [0, 0.1) is 0 Å². The summed E-state index contributed by atoms with van der Waals surface area (Å²) in [6.07, 6.45) is 3.21.